The van der Waals surface area contributed by atoms with Gasteiger partial charge in [0.25, 0.3) is 5.91 Å². The van der Waals surface area contributed by atoms with E-state index in [2.05, 4.69) is 10.5 Å². The van der Waals surface area contributed by atoms with Crippen LogP contribution in [0.3, 0.4) is 0 Å². The number of benzene rings is 2. The first-order valence-corrected chi connectivity index (χ1v) is 6.95. The average Bonchev–Trinajstić information content (AvgIpc) is 2.55. The average molecular weight is 329 g/mol. The van der Waals surface area contributed by atoms with Crippen LogP contribution in [0.2, 0.25) is 0 Å². The number of hydrogen-bond donors (Lipinski definition) is 2. The van der Waals surface area contributed by atoms with Gasteiger partial charge in [0, 0.05) is 11.6 Å². The van der Waals surface area contributed by atoms with Gasteiger partial charge in [0.1, 0.15) is 5.75 Å². The van der Waals surface area contributed by atoms with E-state index in [0.29, 0.717) is 11.1 Å². The summed E-state index contributed by atoms with van der Waals surface area (Å²) in [5, 5.41) is 24.2. The van der Waals surface area contributed by atoms with Gasteiger partial charge in [-0.25, -0.2) is 5.43 Å². The van der Waals surface area contributed by atoms with Gasteiger partial charge in [-0.05, 0) is 30.7 Å². The fourth-order valence-electron chi connectivity index (χ4n) is 1.84. The van der Waals surface area contributed by atoms with Crippen molar-refractivity contribution in [3.63, 3.8) is 0 Å². The first-order chi connectivity index (χ1) is 11.5. The molecule has 8 nitrogen and oxygen atoms in total. The zero-order valence-corrected chi connectivity index (χ0v) is 12.8. The fourth-order valence-corrected chi connectivity index (χ4v) is 1.84. The number of nitro groups is 1. The van der Waals surface area contributed by atoms with Gasteiger partial charge in [0.05, 0.1) is 11.1 Å². The molecule has 1 amide bonds. The van der Waals surface area contributed by atoms with Gasteiger partial charge in [-0.1, -0.05) is 18.2 Å². The van der Waals surface area contributed by atoms with E-state index in [0.717, 1.165) is 0 Å². The van der Waals surface area contributed by atoms with Crippen molar-refractivity contribution >= 4 is 17.8 Å². The molecule has 2 rings (SSSR count). The van der Waals surface area contributed by atoms with E-state index >= 15 is 0 Å². The predicted molar refractivity (Wildman–Crippen MR) is 87.2 cm³/mol. The number of amides is 1. The summed E-state index contributed by atoms with van der Waals surface area (Å²) < 4.78 is 5.16. The highest BCUT2D eigenvalue weighted by molar-refractivity contribution is 5.85. The summed E-state index contributed by atoms with van der Waals surface area (Å²) in [6.45, 7) is 1.29. The highest BCUT2D eigenvalue weighted by Gasteiger charge is 2.16. The van der Waals surface area contributed by atoms with Crippen LogP contribution in [0, 0.1) is 17.0 Å². The Kier molecular flexibility index (Phi) is 5.45. The minimum atomic E-state index is -0.587. The van der Waals surface area contributed by atoms with Gasteiger partial charge in [-0.3, -0.25) is 14.9 Å². The Hall–Kier alpha value is -3.42. The number of aryl methyl sites for hydroxylation is 1. The van der Waals surface area contributed by atoms with E-state index in [-0.39, 0.29) is 17.2 Å². The van der Waals surface area contributed by atoms with Crippen LogP contribution >= 0.6 is 0 Å². The molecule has 0 saturated carbocycles. The van der Waals surface area contributed by atoms with E-state index in [1.54, 1.807) is 31.2 Å². The van der Waals surface area contributed by atoms with Crippen LogP contribution in [-0.2, 0) is 4.79 Å². The molecule has 0 aliphatic carbocycles. The maximum atomic E-state index is 11.7. The van der Waals surface area contributed by atoms with Gasteiger partial charge in [0.2, 0.25) is 0 Å². The smallest absolute Gasteiger partial charge is 0.311 e. The van der Waals surface area contributed by atoms with E-state index in [1.807, 2.05) is 0 Å². The lowest BCUT2D eigenvalue weighted by molar-refractivity contribution is -0.385. The van der Waals surface area contributed by atoms with Gasteiger partial charge in [-0.2, -0.15) is 5.10 Å². The van der Waals surface area contributed by atoms with Gasteiger partial charge in [-0.15, -0.1) is 0 Å². The second-order valence-corrected chi connectivity index (χ2v) is 4.87. The van der Waals surface area contributed by atoms with Crippen molar-refractivity contribution in [2.75, 3.05) is 6.61 Å². The quantitative estimate of drug-likeness (QED) is 0.479. The lowest BCUT2D eigenvalue weighted by atomic mass is 10.2. The molecule has 0 fully saturated rings. The molecular formula is C16H15N3O5. The molecule has 8 heteroatoms. The van der Waals surface area contributed by atoms with Crippen LogP contribution in [-0.4, -0.2) is 28.8 Å². The minimum absolute atomic E-state index is 0.00503. The number of carbonyl (C=O) groups excluding carboxylic acids is 1. The molecule has 0 radical (unpaired) electrons. The third-order valence-electron chi connectivity index (χ3n) is 3.00. The molecule has 0 heterocycles. The number of hydrazone groups is 1. The van der Waals surface area contributed by atoms with Crippen LogP contribution in [0.1, 0.15) is 11.1 Å². The summed E-state index contributed by atoms with van der Waals surface area (Å²) in [6, 6.07) is 10.9. The van der Waals surface area contributed by atoms with Crippen LogP contribution in [0.5, 0.6) is 11.5 Å². The number of aromatic hydroxyl groups is 1. The topological polar surface area (TPSA) is 114 Å². The van der Waals surface area contributed by atoms with Crippen molar-refractivity contribution in [3.8, 4) is 11.5 Å². The molecule has 0 bridgehead atoms. The van der Waals surface area contributed by atoms with Gasteiger partial charge in [0.15, 0.2) is 12.4 Å². The van der Waals surface area contributed by atoms with E-state index in [1.165, 1.54) is 24.4 Å². The number of phenolic OH excluding ortho intramolecular Hbond substituents is 1. The van der Waals surface area contributed by atoms with Crippen molar-refractivity contribution in [2.45, 2.75) is 6.92 Å². The van der Waals surface area contributed by atoms with Crippen LogP contribution in [0.25, 0.3) is 0 Å². The van der Waals surface area contributed by atoms with Gasteiger partial charge >= 0.3 is 5.69 Å². The first kappa shape index (κ1) is 16.9. The van der Waals surface area contributed by atoms with Crippen molar-refractivity contribution in [3.05, 3.63) is 63.7 Å². The summed E-state index contributed by atoms with van der Waals surface area (Å²) in [7, 11) is 0. The summed E-state index contributed by atoms with van der Waals surface area (Å²) in [4.78, 5) is 22.0. The normalized spacial score (nSPS) is 10.5. The molecule has 2 aromatic carbocycles. The van der Waals surface area contributed by atoms with Crippen molar-refractivity contribution in [2.24, 2.45) is 5.10 Å². The second-order valence-electron chi connectivity index (χ2n) is 4.87. The second kappa shape index (κ2) is 7.73. The number of nitrogens with zero attached hydrogens (tertiary/aromatic N) is 2. The predicted octanol–water partition coefficient (Wildman–Crippen LogP) is 2.14. The Morgan fingerprint density at radius 3 is 2.83 bits per heavy atom. The first-order valence-electron chi connectivity index (χ1n) is 6.95. The van der Waals surface area contributed by atoms with E-state index in [9.17, 15) is 20.0 Å². The van der Waals surface area contributed by atoms with Crippen LogP contribution in [0.15, 0.2) is 47.6 Å². The highest BCUT2D eigenvalue weighted by atomic mass is 16.6. The number of nitro benzene ring substituents is 1. The summed E-state index contributed by atoms with van der Waals surface area (Å²) in [5.74, 6) is -0.552. The zero-order valence-electron chi connectivity index (χ0n) is 12.8. The third kappa shape index (κ3) is 4.54. The van der Waals surface area contributed by atoms with E-state index in [4.69, 9.17) is 4.74 Å². The number of para-hydroxylation sites is 1. The number of ether oxygens (including phenoxy) is 1. The van der Waals surface area contributed by atoms with E-state index < -0.39 is 17.4 Å². The molecule has 0 unspecified atom stereocenters. The highest BCUT2D eigenvalue weighted by Crippen LogP contribution is 2.27. The molecular weight excluding hydrogens is 314 g/mol. The molecule has 124 valence electrons. The fraction of sp³-hybridized carbons (Fsp3) is 0.125. The third-order valence-corrected chi connectivity index (χ3v) is 3.00. The van der Waals surface area contributed by atoms with Crippen molar-refractivity contribution in [1.29, 1.82) is 0 Å². The monoisotopic (exact) mass is 329 g/mol. The zero-order chi connectivity index (χ0) is 17.5. The number of carbonyl (C=O) groups is 1. The van der Waals surface area contributed by atoms with Crippen molar-refractivity contribution in [1.82, 2.24) is 5.43 Å². The Labute approximate surface area is 137 Å². The largest absolute Gasteiger partial charge is 0.507 e. The number of rotatable bonds is 6. The minimum Gasteiger partial charge on any atom is -0.507 e. The van der Waals surface area contributed by atoms with Crippen molar-refractivity contribution < 1.29 is 19.6 Å². The summed E-state index contributed by atoms with van der Waals surface area (Å²) in [5.41, 5.74) is 3.16. The summed E-state index contributed by atoms with van der Waals surface area (Å²) >= 11 is 0. The molecule has 0 spiro atoms. The molecule has 2 N–H and O–H groups in total. The molecule has 2 aromatic rings. The maximum Gasteiger partial charge on any atom is 0.311 e. The Balaban J connectivity index is 1.92. The Morgan fingerprint density at radius 2 is 2.12 bits per heavy atom. The molecule has 24 heavy (non-hydrogen) atoms. The molecule has 0 saturated heterocycles. The molecule has 0 atom stereocenters. The summed E-state index contributed by atoms with van der Waals surface area (Å²) in [6.07, 6.45) is 1.28. The van der Waals surface area contributed by atoms with Crippen LogP contribution < -0.4 is 10.2 Å². The standard InChI is InChI=1S/C16H15N3O5/c1-11-6-7-15(13(8-11)19(22)23)24-10-16(21)18-17-9-12-4-2-3-5-14(12)20/h2-9,20H,10H2,1H3,(H,18,21)/b17-9+. The number of hydrogen-bond acceptors (Lipinski definition) is 6. The van der Waals surface area contributed by atoms with Gasteiger partial charge < -0.3 is 9.84 Å². The maximum absolute atomic E-state index is 11.7. The Morgan fingerprint density at radius 1 is 1.38 bits per heavy atom. The molecule has 0 aliphatic heterocycles. The van der Waals surface area contributed by atoms with Crippen LogP contribution in [0.4, 0.5) is 5.69 Å². The molecule has 0 aromatic heterocycles. The lowest BCUT2D eigenvalue weighted by Crippen LogP contribution is -2.24. The SMILES string of the molecule is Cc1ccc(OCC(=O)N/N=C/c2ccccc2O)c([N+](=O)[O-])c1. The Bertz CT molecular complexity index is 789. The molecule has 0 aliphatic rings. The number of nitrogens with one attached hydrogen (secondary N) is 1. The number of phenols is 1. The lowest BCUT2D eigenvalue weighted by Gasteiger charge is -2.06.